The Morgan fingerprint density at radius 2 is 1.79 bits per heavy atom. The predicted octanol–water partition coefficient (Wildman–Crippen LogP) is 5.71. The van der Waals surface area contributed by atoms with Gasteiger partial charge in [-0.15, -0.1) is 0 Å². The van der Waals surface area contributed by atoms with E-state index in [1.807, 2.05) is 4.90 Å². The Kier molecular flexibility index (Phi) is 8.39. The molecule has 2 aliphatic heterocycles. The number of allylic oxidation sites excluding steroid dienone is 2. The van der Waals surface area contributed by atoms with Gasteiger partial charge < -0.3 is 20.6 Å². The maximum Gasteiger partial charge on any atom is 0.433 e. The largest absolute Gasteiger partial charge is 0.433 e. The van der Waals surface area contributed by atoms with E-state index in [1.165, 1.54) is 42.5 Å². The molecule has 1 unspecified atom stereocenters. The number of hydrogen-bond acceptors (Lipinski definition) is 5. The number of halogens is 4. The number of nitrogens with zero attached hydrogens (tertiary/aromatic N) is 2. The van der Waals surface area contributed by atoms with Crippen LogP contribution in [0.15, 0.2) is 72.8 Å². The number of hydrogen-bond donors (Lipinski definition) is 3. The minimum atomic E-state index is -4.63. The van der Waals surface area contributed by atoms with E-state index in [0.717, 1.165) is 25.3 Å². The molecule has 0 saturated carbocycles. The van der Waals surface area contributed by atoms with E-state index in [0.29, 0.717) is 46.7 Å². The standard InChI is InChI=1S/C31H28F4N4O3/c32-20-12-10-19(11-13-20)21(22-14-15-27(31(33,34)35)38-29(22)39-16-2-1-3-17-39)6-4-9-28(41)36-24-7-5-8-25-23(24)18-26(40)30(42)37-25/h4-15,26,40H,1-3,16-18H2,(H,36,41)(H,37,42)/b9-4+,21-6+. The summed E-state index contributed by atoms with van der Waals surface area (Å²) in [5, 5.41) is 15.3. The van der Waals surface area contributed by atoms with Crippen molar-refractivity contribution < 1.29 is 32.3 Å². The molecule has 3 aromatic rings. The highest BCUT2D eigenvalue weighted by Gasteiger charge is 2.34. The van der Waals surface area contributed by atoms with Crippen molar-refractivity contribution in [1.29, 1.82) is 0 Å². The highest BCUT2D eigenvalue weighted by atomic mass is 19.4. The average molecular weight is 581 g/mol. The van der Waals surface area contributed by atoms with Gasteiger partial charge in [0.1, 0.15) is 23.4 Å². The van der Waals surface area contributed by atoms with E-state index < -0.39 is 35.6 Å². The van der Waals surface area contributed by atoms with Crippen LogP contribution < -0.4 is 15.5 Å². The van der Waals surface area contributed by atoms with Gasteiger partial charge in [0.15, 0.2) is 0 Å². The number of piperidine rings is 1. The second kappa shape index (κ2) is 12.2. The Bertz CT molecular complexity index is 1540. The zero-order valence-electron chi connectivity index (χ0n) is 22.4. The molecule has 0 spiro atoms. The second-order valence-corrected chi connectivity index (χ2v) is 10.1. The molecule has 2 amide bonds. The van der Waals surface area contributed by atoms with Gasteiger partial charge in [-0.3, -0.25) is 9.59 Å². The first-order valence-electron chi connectivity index (χ1n) is 13.5. The summed E-state index contributed by atoms with van der Waals surface area (Å²) in [5.74, 6) is -1.32. The van der Waals surface area contributed by atoms with Gasteiger partial charge in [-0.25, -0.2) is 9.37 Å². The number of carbonyl (C=O) groups is 2. The first-order chi connectivity index (χ1) is 20.1. The van der Waals surface area contributed by atoms with Gasteiger partial charge >= 0.3 is 6.18 Å². The van der Waals surface area contributed by atoms with Crippen LogP contribution in [0.1, 0.15) is 41.6 Å². The molecule has 0 radical (unpaired) electrons. The summed E-state index contributed by atoms with van der Waals surface area (Å²) < 4.78 is 54.6. The molecule has 2 aromatic carbocycles. The van der Waals surface area contributed by atoms with Crippen LogP contribution >= 0.6 is 0 Å². The Morgan fingerprint density at radius 1 is 1.05 bits per heavy atom. The number of benzene rings is 2. The maximum absolute atomic E-state index is 13.8. The number of amides is 2. The number of alkyl halides is 3. The molecule has 1 atom stereocenters. The van der Waals surface area contributed by atoms with Gasteiger partial charge in [0.25, 0.3) is 5.91 Å². The molecule has 1 aromatic heterocycles. The van der Waals surface area contributed by atoms with Crippen LogP contribution in [0.5, 0.6) is 0 Å². The van der Waals surface area contributed by atoms with Gasteiger partial charge in [-0.2, -0.15) is 13.2 Å². The van der Waals surface area contributed by atoms with Crippen LogP contribution in [0.25, 0.3) is 5.57 Å². The lowest BCUT2D eigenvalue weighted by atomic mass is 9.96. The van der Waals surface area contributed by atoms with Crippen LogP contribution in [-0.4, -0.2) is 41.1 Å². The Morgan fingerprint density at radius 3 is 2.50 bits per heavy atom. The number of aliphatic hydroxyl groups excluding tert-OH is 1. The van der Waals surface area contributed by atoms with Crippen molar-refractivity contribution in [3.63, 3.8) is 0 Å². The van der Waals surface area contributed by atoms with Gasteiger partial charge in [0.05, 0.1) is 0 Å². The summed E-state index contributed by atoms with van der Waals surface area (Å²) in [4.78, 5) is 30.5. The molecule has 0 aliphatic carbocycles. The first kappa shape index (κ1) is 29.0. The van der Waals surface area contributed by atoms with Gasteiger partial charge in [0, 0.05) is 48.1 Å². The van der Waals surface area contributed by atoms with Crippen LogP contribution in [-0.2, 0) is 22.2 Å². The Balaban J connectivity index is 1.49. The van der Waals surface area contributed by atoms with E-state index in [9.17, 15) is 32.3 Å². The van der Waals surface area contributed by atoms with E-state index >= 15 is 0 Å². The minimum Gasteiger partial charge on any atom is -0.383 e. The number of pyridine rings is 1. The van der Waals surface area contributed by atoms with E-state index in [-0.39, 0.29) is 12.2 Å². The van der Waals surface area contributed by atoms with E-state index in [2.05, 4.69) is 15.6 Å². The molecule has 3 N–H and O–H groups in total. The smallest absolute Gasteiger partial charge is 0.383 e. The molecule has 2 aliphatic rings. The van der Waals surface area contributed by atoms with Gasteiger partial charge in [-0.05, 0) is 66.8 Å². The third-order valence-corrected chi connectivity index (χ3v) is 7.17. The molecular weight excluding hydrogens is 552 g/mol. The molecule has 3 heterocycles. The molecule has 218 valence electrons. The van der Waals surface area contributed by atoms with Crippen LogP contribution in [0.2, 0.25) is 0 Å². The summed E-state index contributed by atoms with van der Waals surface area (Å²) >= 11 is 0. The second-order valence-electron chi connectivity index (χ2n) is 10.1. The number of nitrogens with one attached hydrogen (secondary N) is 2. The summed E-state index contributed by atoms with van der Waals surface area (Å²) in [6.45, 7) is 1.10. The third kappa shape index (κ3) is 6.52. The molecule has 7 nitrogen and oxygen atoms in total. The molecule has 5 rings (SSSR count). The fourth-order valence-corrected chi connectivity index (χ4v) is 5.08. The fourth-order valence-electron chi connectivity index (χ4n) is 5.08. The summed E-state index contributed by atoms with van der Waals surface area (Å²) in [6.07, 6.45) is 1.06. The normalized spacial score (nSPS) is 17.6. The molecule has 1 fully saturated rings. The number of carbonyl (C=O) groups excluding carboxylic acids is 2. The van der Waals surface area contributed by atoms with Gasteiger partial charge in [-0.1, -0.05) is 30.4 Å². The maximum atomic E-state index is 13.8. The van der Waals surface area contributed by atoms with E-state index in [4.69, 9.17) is 0 Å². The highest BCUT2D eigenvalue weighted by Crippen LogP contribution is 2.36. The molecular formula is C31H28F4N4O3. The zero-order valence-corrected chi connectivity index (χ0v) is 22.4. The third-order valence-electron chi connectivity index (χ3n) is 7.17. The topological polar surface area (TPSA) is 94.6 Å². The zero-order chi connectivity index (χ0) is 29.9. The minimum absolute atomic E-state index is 0.0378. The number of fused-ring (bicyclic) bond motifs is 1. The Labute approximate surface area is 239 Å². The lowest BCUT2D eigenvalue weighted by molar-refractivity contribution is -0.141. The fraction of sp³-hybridized carbons (Fsp3) is 0.258. The quantitative estimate of drug-likeness (QED) is 0.197. The van der Waals surface area contributed by atoms with Crippen LogP contribution in [0.4, 0.5) is 34.8 Å². The molecule has 0 bridgehead atoms. The number of anilines is 3. The SMILES string of the molecule is O=C(/C=C/C=C(\c1ccc(F)cc1)c1ccc(C(F)(F)F)nc1N1CCCCC1)Nc1cccc2c1CC(O)C(=O)N2. The summed E-state index contributed by atoms with van der Waals surface area (Å²) in [6, 6.07) is 12.8. The first-order valence-corrected chi connectivity index (χ1v) is 13.5. The van der Waals surface area contributed by atoms with Crippen LogP contribution in [0, 0.1) is 5.82 Å². The lowest BCUT2D eigenvalue weighted by Gasteiger charge is -2.30. The van der Waals surface area contributed by atoms with Crippen molar-refractivity contribution in [1.82, 2.24) is 4.98 Å². The van der Waals surface area contributed by atoms with Crippen molar-refractivity contribution in [2.75, 3.05) is 28.6 Å². The monoisotopic (exact) mass is 580 g/mol. The Hall–Kier alpha value is -4.51. The summed E-state index contributed by atoms with van der Waals surface area (Å²) in [5.41, 5.74) is 1.90. The number of aliphatic hydroxyl groups is 1. The van der Waals surface area contributed by atoms with Crippen molar-refractivity contribution in [3.05, 3.63) is 101 Å². The van der Waals surface area contributed by atoms with E-state index in [1.54, 1.807) is 24.3 Å². The van der Waals surface area contributed by atoms with Crippen molar-refractivity contribution >= 4 is 34.6 Å². The highest BCUT2D eigenvalue weighted by molar-refractivity contribution is 6.03. The summed E-state index contributed by atoms with van der Waals surface area (Å²) in [7, 11) is 0. The van der Waals surface area contributed by atoms with Crippen molar-refractivity contribution in [2.45, 2.75) is 38.0 Å². The van der Waals surface area contributed by atoms with Crippen molar-refractivity contribution in [2.24, 2.45) is 0 Å². The molecule has 11 heteroatoms. The lowest BCUT2D eigenvalue weighted by Crippen LogP contribution is -2.34. The number of rotatable bonds is 6. The average Bonchev–Trinajstić information content (AvgIpc) is 2.97. The van der Waals surface area contributed by atoms with Gasteiger partial charge in [0.2, 0.25) is 5.91 Å². The number of aromatic nitrogens is 1. The van der Waals surface area contributed by atoms with Crippen molar-refractivity contribution in [3.8, 4) is 0 Å². The molecule has 42 heavy (non-hydrogen) atoms. The van der Waals surface area contributed by atoms with Crippen LogP contribution in [0.3, 0.4) is 0 Å². The predicted molar refractivity (Wildman–Crippen MR) is 151 cm³/mol. The molecule has 1 saturated heterocycles.